The van der Waals surface area contributed by atoms with Gasteiger partial charge >= 0.3 is 0 Å². The summed E-state index contributed by atoms with van der Waals surface area (Å²) in [6.45, 7) is 0. The van der Waals surface area contributed by atoms with E-state index in [9.17, 15) is 0 Å². The van der Waals surface area contributed by atoms with Crippen molar-refractivity contribution in [3.05, 3.63) is 182 Å². The van der Waals surface area contributed by atoms with Crippen molar-refractivity contribution in [3.8, 4) is 33.6 Å². The zero-order valence-corrected chi connectivity index (χ0v) is 27.6. The lowest BCUT2D eigenvalue weighted by molar-refractivity contribution is 0.670. The van der Waals surface area contributed by atoms with Gasteiger partial charge in [0.15, 0.2) is 0 Å². The van der Waals surface area contributed by atoms with Crippen LogP contribution in [-0.4, -0.2) is 9.13 Å². The first kappa shape index (κ1) is 28.0. The molecule has 8 aromatic carbocycles. The molecule has 0 radical (unpaired) electrons. The molecule has 238 valence electrons. The van der Waals surface area contributed by atoms with Crippen molar-refractivity contribution >= 4 is 65.6 Å². The molecule has 11 aromatic rings. The van der Waals surface area contributed by atoms with Gasteiger partial charge in [-0.05, 0) is 71.3 Å². The summed E-state index contributed by atoms with van der Waals surface area (Å²) in [6, 6.07) is 65.5. The Labute approximate surface area is 293 Å². The van der Waals surface area contributed by atoms with E-state index in [1.165, 1.54) is 54.7 Å². The minimum absolute atomic E-state index is 0.911. The van der Waals surface area contributed by atoms with Crippen molar-refractivity contribution < 1.29 is 4.42 Å². The van der Waals surface area contributed by atoms with Crippen LogP contribution in [0.2, 0.25) is 0 Å². The van der Waals surface area contributed by atoms with Crippen molar-refractivity contribution in [1.82, 2.24) is 9.13 Å². The summed E-state index contributed by atoms with van der Waals surface area (Å²) in [5, 5.41) is 7.27. The molecule has 0 unspecified atom stereocenters. The summed E-state index contributed by atoms with van der Waals surface area (Å²) < 4.78 is 11.3. The molecular formula is C48H30N2O. The van der Waals surface area contributed by atoms with Gasteiger partial charge in [0.2, 0.25) is 0 Å². The molecular weight excluding hydrogens is 621 g/mol. The van der Waals surface area contributed by atoms with E-state index in [0.717, 1.165) is 44.4 Å². The van der Waals surface area contributed by atoms with Gasteiger partial charge in [-0.3, -0.25) is 0 Å². The Morgan fingerprint density at radius 2 is 0.843 bits per heavy atom. The zero-order chi connectivity index (χ0) is 33.5. The fourth-order valence-corrected chi connectivity index (χ4v) is 8.22. The van der Waals surface area contributed by atoms with Gasteiger partial charge in [0.25, 0.3) is 0 Å². The normalized spacial score (nSPS) is 11.9. The zero-order valence-electron chi connectivity index (χ0n) is 27.6. The summed E-state index contributed by atoms with van der Waals surface area (Å²) in [5.41, 5.74) is 13.5. The van der Waals surface area contributed by atoms with Crippen LogP contribution in [0.4, 0.5) is 0 Å². The number of fused-ring (bicyclic) bond motifs is 9. The summed E-state index contributed by atoms with van der Waals surface area (Å²) in [5.74, 6) is 0. The van der Waals surface area contributed by atoms with Gasteiger partial charge in [-0.15, -0.1) is 0 Å². The number of aromatic nitrogens is 2. The Balaban J connectivity index is 1.11. The van der Waals surface area contributed by atoms with Crippen LogP contribution in [0.3, 0.4) is 0 Å². The van der Waals surface area contributed by atoms with Gasteiger partial charge in [-0.25, -0.2) is 0 Å². The average Bonchev–Trinajstić information content (AvgIpc) is 3.85. The standard InChI is InChI=1S/C48H30N2O/c1-2-13-34(14-3-1)49-43-21-7-4-16-37(43)39-26-24-31(29-45(39)49)32-25-27-40-38-17-5-8-22-44(38)50(46(40)30-32)35-15-10-12-33(28-35)36-19-11-20-42-41-18-6-9-23-47(41)51-48(36)42/h1-30H. The van der Waals surface area contributed by atoms with Gasteiger partial charge in [-0.2, -0.15) is 0 Å². The molecule has 0 bridgehead atoms. The van der Waals surface area contributed by atoms with E-state index in [2.05, 4.69) is 179 Å². The first-order chi connectivity index (χ1) is 25.3. The molecule has 0 N–H and O–H groups in total. The lowest BCUT2D eigenvalue weighted by Crippen LogP contribution is -1.95. The van der Waals surface area contributed by atoms with Crippen LogP contribution in [-0.2, 0) is 0 Å². The molecule has 0 fully saturated rings. The van der Waals surface area contributed by atoms with Crippen molar-refractivity contribution in [3.63, 3.8) is 0 Å². The lowest BCUT2D eigenvalue weighted by Gasteiger charge is -2.12. The van der Waals surface area contributed by atoms with E-state index in [4.69, 9.17) is 4.42 Å². The summed E-state index contributed by atoms with van der Waals surface area (Å²) in [6.07, 6.45) is 0. The highest BCUT2D eigenvalue weighted by molar-refractivity contribution is 6.13. The monoisotopic (exact) mass is 650 g/mol. The fourth-order valence-electron chi connectivity index (χ4n) is 8.22. The van der Waals surface area contributed by atoms with Crippen LogP contribution in [0.1, 0.15) is 0 Å². The van der Waals surface area contributed by atoms with Gasteiger partial charge in [0.1, 0.15) is 11.2 Å². The third kappa shape index (κ3) is 4.19. The van der Waals surface area contributed by atoms with Gasteiger partial charge in [0, 0.05) is 49.3 Å². The van der Waals surface area contributed by atoms with Gasteiger partial charge < -0.3 is 13.6 Å². The second-order valence-electron chi connectivity index (χ2n) is 13.3. The fraction of sp³-hybridized carbons (Fsp3) is 0. The third-order valence-corrected chi connectivity index (χ3v) is 10.5. The number of nitrogens with zero attached hydrogens (tertiary/aromatic N) is 2. The van der Waals surface area contributed by atoms with Crippen molar-refractivity contribution in [2.45, 2.75) is 0 Å². The number of furan rings is 1. The molecule has 0 saturated carbocycles. The van der Waals surface area contributed by atoms with Gasteiger partial charge in [0.05, 0.1) is 22.1 Å². The van der Waals surface area contributed by atoms with Crippen molar-refractivity contribution in [2.75, 3.05) is 0 Å². The highest BCUT2D eigenvalue weighted by Crippen LogP contribution is 2.40. The van der Waals surface area contributed by atoms with Gasteiger partial charge in [-0.1, -0.05) is 127 Å². The molecule has 0 saturated heterocycles. The molecule has 3 heteroatoms. The second-order valence-corrected chi connectivity index (χ2v) is 13.3. The number of hydrogen-bond acceptors (Lipinski definition) is 1. The maximum Gasteiger partial charge on any atom is 0.143 e. The maximum atomic E-state index is 6.45. The van der Waals surface area contributed by atoms with Crippen molar-refractivity contribution in [2.24, 2.45) is 0 Å². The molecule has 0 aliphatic heterocycles. The van der Waals surface area contributed by atoms with E-state index in [1.807, 2.05) is 12.1 Å². The van der Waals surface area contributed by atoms with E-state index < -0.39 is 0 Å². The number of rotatable bonds is 4. The molecule has 3 heterocycles. The van der Waals surface area contributed by atoms with Crippen LogP contribution in [0.5, 0.6) is 0 Å². The molecule has 3 aromatic heterocycles. The summed E-state index contributed by atoms with van der Waals surface area (Å²) in [4.78, 5) is 0. The Bertz CT molecular complexity index is 3140. The predicted molar refractivity (Wildman–Crippen MR) is 213 cm³/mol. The molecule has 11 rings (SSSR count). The molecule has 51 heavy (non-hydrogen) atoms. The smallest absolute Gasteiger partial charge is 0.143 e. The van der Waals surface area contributed by atoms with Crippen LogP contribution >= 0.6 is 0 Å². The number of hydrogen-bond donors (Lipinski definition) is 0. The Kier molecular flexibility index (Phi) is 5.96. The first-order valence-corrected chi connectivity index (χ1v) is 17.4. The topological polar surface area (TPSA) is 23.0 Å². The second kappa shape index (κ2) is 10.8. The quantitative estimate of drug-likeness (QED) is 0.186. The van der Waals surface area contributed by atoms with Crippen LogP contribution in [0, 0.1) is 0 Å². The molecule has 0 aliphatic carbocycles. The molecule has 0 aliphatic rings. The summed E-state index contributed by atoms with van der Waals surface area (Å²) >= 11 is 0. The minimum atomic E-state index is 0.911. The summed E-state index contributed by atoms with van der Waals surface area (Å²) in [7, 11) is 0. The Morgan fingerprint density at radius 1 is 0.314 bits per heavy atom. The number of benzene rings is 8. The molecule has 0 spiro atoms. The highest BCUT2D eigenvalue weighted by atomic mass is 16.3. The van der Waals surface area contributed by atoms with E-state index in [-0.39, 0.29) is 0 Å². The minimum Gasteiger partial charge on any atom is -0.455 e. The maximum absolute atomic E-state index is 6.45. The molecule has 3 nitrogen and oxygen atoms in total. The van der Waals surface area contributed by atoms with Crippen LogP contribution in [0.15, 0.2) is 186 Å². The van der Waals surface area contributed by atoms with Crippen LogP contribution in [0.25, 0.3) is 99.2 Å². The molecule has 0 atom stereocenters. The van der Waals surface area contributed by atoms with Crippen LogP contribution < -0.4 is 0 Å². The Morgan fingerprint density at radius 3 is 1.55 bits per heavy atom. The molecule has 0 amide bonds. The third-order valence-electron chi connectivity index (χ3n) is 10.5. The number of para-hydroxylation sites is 5. The van der Waals surface area contributed by atoms with Crippen molar-refractivity contribution in [1.29, 1.82) is 0 Å². The Hall–Kier alpha value is -6.84. The van der Waals surface area contributed by atoms with E-state index >= 15 is 0 Å². The van der Waals surface area contributed by atoms with E-state index in [0.29, 0.717) is 0 Å². The lowest BCUT2D eigenvalue weighted by atomic mass is 10.0. The highest BCUT2D eigenvalue weighted by Gasteiger charge is 2.17. The predicted octanol–water partition coefficient (Wildman–Crippen LogP) is 13.1. The SMILES string of the molecule is c1ccc(-n2c3ccccc3c3ccc(-c4ccc5c6ccccc6n(-c6cccc(-c7cccc8c7oc7ccccc78)c6)c5c4)cc32)cc1. The first-order valence-electron chi connectivity index (χ1n) is 17.4. The average molecular weight is 651 g/mol. The van der Waals surface area contributed by atoms with E-state index in [1.54, 1.807) is 0 Å². The largest absolute Gasteiger partial charge is 0.455 e.